The first-order valence-electron chi connectivity index (χ1n) is 9.83. The zero-order chi connectivity index (χ0) is 22.7. The Morgan fingerprint density at radius 1 is 1.19 bits per heavy atom. The largest absolute Gasteiger partial charge is 0.322 e. The van der Waals surface area contributed by atoms with Gasteiger partial charge in [0.25, 0.3) is 0 Å². The summed E-state index contributed by atoms with van der Waals surface area (Å²) in [5.74, 6) is -0.951. The van der Waals surface area contributed by atoms with E-state index < -0.39 is 11.7 Å². The first-order chi connectivity index (χ1) is 15.4. The summed E-state index contributed by atoms with van der Waals surface area (Å²) in [7, 11) is 0. The minimum atomic E-state index is -0.534. The van der Waals surface area contributed by atoms with E-state index in [1.165, 1.54) is 41.1 Å². The van der Waals surface area contributed by atoms with E-state index in [9.17, 15) is 9.18 Å². The van der Waals surface area contributed by atoms with Crippen LogP contribution in [0.25, 0.3) is 11.8 Å². The fourth-order valence-electron chi connectivity index (χ4n) is 3.17. The number of halogens is 2. The molecule has 4 aromatic rings. The number of hydrogen-bond acceptors (Lipinski definition) is 4. The Morgan fingerprint density at radius 2 is 1.97 bits per heavy atom. The quantitative estimate of drug-likeness (QED) is 0.436. The summed E-state index contributed by atoms with van der Waals surface area (Å²) < 4.78 is 17.3. The molecule has 0 aliphatic heterocycles. The molecule has 0 saturated carbocycles. The fraction of sp³-hybridized carbons (Fsp3) is 0.130. The Balaban J connectivity index is 1.45. The van der Waals surface area contributed by atoms with Crippen LogP contribution in [-0.2, 0) is 11.3 Å². The molecule has 0 aliphatic rings. The Bertz CT molecular complexity index is 1280. The highest BCUT2D eigenvalue weighted by Gasteiger charge is 2.12. The number of nitrogens with zero attached hydrogens (tertiary/aromatic N) is 5. The first kappa shape index (κ1) is 21.5. The molecule has 0 atom stereocenters. The van der Waals surface area contributed by atoms with E-state index in [1.807, 2.05) is 38.1 Å². The number of aryl methyl sites for hydroxylation is 2. The van der Waals surface area contributed by atoms with E-state index in [1.54, 1.807) is 16.8 Å². The summed E-state index contributed by atoms with van der Waals surface area (Å²) in [5, 5.41) is 11.4. The van der Waals surface area contributed by atoms with Crippen molar-refractivity contribution < 1.29 is 9.18 Å². The van der Waals surface area contributed by atoms with Gasteiger partial charge in [0.2, 0.25) is 5.91 Å². The van der Waals surface area contributed by atoms with E-state index >= 15 is 0 Å². The van der Waals surface area contributed by atoms with Gasteiger partial charge in [-0.15, -0.1) is 0 Å². The third-order valence-electron chi connectivity index (χ3n) is 4.84. The van der Waals surface area contributed by atoms with Gasteiger partial charge in [0, 0.05) is 17.3 Å². The number of aromatic nitrogens is 5. The van der Waals surface area contributed by atoms with E-state index in [0.717, 1.165) is 5.56 Å². The zero-order valence-electron chi connectivity index (χ0n) is 17.5. The molecule has 1 N–H and O–H groups in total. The van der Waals surface area contributed by atoms with Gasteiger partial charge in [-0.2, -0.15) is 10.2 Å². The van der Waals surface area contributed by atoms with Crippen molar-refractivity contribution >= 4 is 29.3 Å². The molecule has 7 nitrogen and oxygen atoms in total. The molecule has 1 amide bonds. The maximum absolute atomic E-state index is 14.3. The van der Waals surface area contributed by atoms with Crippen LogP contribution in [0.2, 0.25) is 5.15 Å². The van der Waals surface area contributed by atoms with Crippen molar-refractivity contribution in [1.82, 2.24) is 24.5 Å². The lowest BCUT2D eigenvalue weighted by atomic mass is 10.1. The summed E-state index contributed by atoms with van der Waals surface area (Å²) in [6.45, 7) is 4.38. The summed E-state index contributed by atoms with van der Waals surface area (Å²) in [4.78, 5) is 16.1. The molecule has 2 heterocycles. The SMILES string of the molecule is Cc1ccc(Cn2nc(C)c(/C=C/C(=O)Nc3ccc(-n4cncn4)c(F)c3)c2Cl)cc1. The molecular formula is C23H20ClFN6O. The highest BCUT2D eigenvalue weighted by Crippen LogP contribution is 2.23. The van der Waals surface area contributed by atoms with Crippen LogP contribution in [0.4, 0.5) is 10.1 Å². The van der Waals surface area contributed by atoms with Gasteiger partial charge in [-0.3, -0.25) is 4.79 Å². The smallest absolute Gasteiger partial charge is 0.248 e. The third-order valence-corrected chi connectivity index (χ3v) is 5.24. The summed E-state index contributed by atoms with van der Waals surface area (Å²) in [5.41, 5.74) is 4.16. The van der Waals surface area contributed by atoms with Crippen molar-refractivity contribution in [3.8, 4) is 5.69 Å². The van der Waals surface area contributed by atoms with Crippen molar-refractivity contribution in [3.05, 3.63) is 94.5 Å². The van der Waals surface area contributed by atoms with Gasteiger partial charge in [0.1, 0.15) is 23.5 Å². The molecule has 0 radical (unpaired) electrons. The third kappa shape index (κ3) is 4.76. The molecular weight excluding hydrogens is 431 g/mol. The Kier molecular flexibility index (Phi) is 6.13. The van der Waals surface area contributed by atoms with Crippen LogP contribution in [0.5, 0.6) is 0 Å². The van der Waals surface area contributed by atoms with Crippen molar-refractivity contribution in [1.29, 1.82) is 0 Å². The monoisotopic (exact) mass is 450 g/mol. The van der Waals surface area contributed by atoms with E-state index in [4.69, 9.17) is 11.6 Å². The van der Waals surface area contributed by atoms with Gasteiger partial charge >= 0.3 is 0 Å². The molecule has 0 unspecified atom stereocenters. The normalized spacial score (nSPS) is 11.2. The first-order valence-corrected chi connectivity index (χ1v) is 10.2. The summed E-state index contributed by atoms with van der Waals surface area (Å²) >= 11 is 6.50. The number of hydrogen-bond donors (Lipinski definition) is 1. The van der Waals surface area contributed by atoms with Crippen LogP contribution in [0.15, 0.2) is 61.2 Å². The molecule has 0 saturated heterocycles. The Labute approximate surface area is 189 Å². The van der Waals surface area contributed by atoms with E-state index in [0.29, 0.717) is 28.6 Å². The molecule has 0 aliphatic carbocycles. The van der Waals surface area contributed by atoms with Crippen molar-refractivity contribution in [2.75, 3.05) is 5.32 Å². The lowest BCUT2D eigenvalue weighted by Crippen LogP contribution is -2.08. The second kappa shape index (κ2) is 9.15. The minimum absolute atomic E-state index is 0.236. The van der Waals surface area contributed by atoms with Gasteiger partial charge in [-0.1, -0.05) is 41.4 Å². The van der Waals surface area contributed by atoms with Crippen LogP contribution < -0.4 is 5.32 Å². The average Bonchev–Trinajstić information content (AvgIpc) is 3.37. The number of amides is 1. The topological polar surface area (TPSA) is 77.6 Å². The standard InChI is InChI=1S/C23H20ClFN6O/c1-15-3-5-17(6-4-15)12-30-23(24)19(16(2)29-30)8-10-22(32)28-18-7-9-21(20(25)11-18)31-14-26-13-27-31/h3-11,13-14H,12H2,1-2H3,(H,28,32)/b10-8+. The molecule has 4 rings (SSSR count). The number of carbonyl (C=O) groups is 1. The molecule has 9 heteroatoms. The highest BCUT2D eigenvalue weighted by molar-refractivity contribution is 6.31. The van der Waals surface area contributed by atoms with Crippen molar-refractivity contribution in [3.63, 3.8) is 0 Å². The zero-order valence-corrected chi connectivity index (χ0v) is 18.2. The van der Waals surface area contributed by atoms with Gasteiger partial charge in [-0.25, -0.2) is 18.7 Å². The van der Waals surface area contributed by atoms with Gasteiger partial charge < -0.3 is 5.32 Å². The number of nitrogens with one attached hydrogen (secondary N) is 1. The summed E-state index contributed by atoms with van der Waals surface area (Å²) in [6.07, 6.45) is 5.65. The molecule has 0 spiro atoms. The minimum Gasteiger partial charge on any atom is -0.322 e. The van der Waals surface area contributed by atoms with Crippen LogP contribution in [0, 0.1) is 19.7 Å². The summed E-state index contributed by atoms with van der Waals surface area (Å²) in [6, 6.07) is 12.4. The molecule has 0 fully saturated rings. The highest BCUT2D eigenvalue weighted by atomic mass is 35.5. The number of benzene rings is 2. The maximum atomic E-state index is 14.3. The molecule has 2 aromatic carbocycles. The van der Waals surface area contributed by atoms with Crippen LogP contribution in [-0.4, -0.2) is 30.5 Å². The van der Waals surface area contributed by atoms with E-state index in [-0.39, 0.29) is 5.69 Å². The lowest BCUT2D eigenvalue weighted by molar-refractivity contribution is -0.111. The molecule has 0 bridgehead atoms. The Hall–Kier alpha value is -3.78. The molecule has 2 aromatic heterocycles. The number of rotatable bonds is 6. The van der Waals surface area contributed by atoms with Gasteiger partial charge in [0.05, 0.1) is 12.2 Å². The van der Waals surface area contributed by atoms with E-state index in [2.05, 4.69) is 20.5 Å². The van der Waals surface area contributed by atoms with Crippen LogP contribution in [0.1, 0.15) is 22.4 Å². The second-order valence-corrected chi connectivity index (χ2v) is 7.62. The second-order valence-electron chi connectivity index (χ2n) is 7.26. The van der Waals surface area contributed by atoms with Crippen LogP contribution >= 0.6 is 11.6 Å². The predicted molar refractivity (Wildman–Crippen MR) is 121 cm³/mol. The maximum Gasteiger partial charge on any atom is 0.248 e. The van der Waals surface area contributed by atoms with Crippen molar-refractivity contribution in [2.24, 2.45) is 0 Å². The van der Waals surface area contributed by atoms with Gasteiger partial charge in [0.15, 0.2) is 5.82 Å². The predicted octanol–water partition coefficient (Wildman–Crippen LogP) is 4.57. The Morgan fingerprint density at radius 3 is 2.66 bits per heavy atom. The molecule has 162 valence electrons. The van der Waals surface area contributed by atoms with Crippen molar-refractivity contribution in [2.45, 2.75) is 20.4 Å². The van der Waals surface area contributed by atoms with Gasteiger partial charge in [-0.05, 0) is 43.7 Å². The number of carbonyl (C=O) groups excluding carboxylic acids is 1. The average molecular weight is 451 g/mol. The lowest BCUT2D eigenvalue weighted by Gasteiger charge is -2.06. The number of anilines is 1. The fourth-order valence-corrected chi connectivity index (χ4v) is 3.47. The van der Waals surface area contributed by atoms with Crippen LogP contribution in [0.3, 0.4) is 0 Å². The molecule has 32 heavy (non-hydrogen) atoms.